The molecule has 1 nitrogen and oxygen atoms in total. The van der Waals surface area contributed by atoms with Crippen LogP contribution >= 0.6 is 0 Å². The topological polar surface area (TPSA) is 20.2 Å². The van der Waals surface area contributed by atoms with Gasteiger partial charge in [0, 0.05) is 6.61 Å². The predicted octanol–water partition coefficient (Wildman–Crippen LogP) is 4.74. The summed E-state index contributed by atoms with van der Waals surface area (Å²) in [5.74, 6) is 2.21. The van der Waals surface area contributed by atoms with Gasteiger partial charge in [0.1, 0.15) is 0 Å². The van der Waals surface area contributed by atoms with E-state index >= 15 is 0 Å². The minimum atomic E-state index is 0.306. The largest absolute Gasteiger partial charge is 0.396 e. The van der Waals surface area contributed by atoms with Crippen LogP contribution in [-0.2, 0) is 0 Å². The maximum atomic E-state index is 8.14. The monoisotopic (exact) mass is 218 g/mol. The zero-order chi connectivity index (χ0) is 12.9. The van der Waals surface area contributed by atoms with Crippen molar-refractivity contribution in [1.82, 2.24) is 0 Å². The Hall–Kier alpha value is -0.0400. The highest BCUT2D eigenvalue weighted by Crippen LogP contribution is 1.94. The Labute approximate surface area is 98.3 Å². The molecule has 0 aromatic heterocycles. The highest BCUT2D eigenvalue weighted by molar-refractivity contribution is 4.33. The van der Waals surface area contributed by atoms with Gasteiger partial charge in [0.25, 0.3) is 0 Å². The van der Waals surface area contributed by atoms with Gasteiger partial charge in [-0.3, -0.25) is 0 Å². The van der Waals surface area contributed by atoms with E-state index in [2.05, 4.69) is 41.5 Å². The van der Waals surface area contributed by atoms with Crippen LogP contribution in [-0.4, -0.2) is 11.7 Å². The Morgan fingerprint density at radius 2 is 0.800 bits per heavy atom. The molecule has 0 aliphatic heterocycles. The molecule has 0 saturated heterocycles. The molecule has 1 heteroatoms. The third-order valence-electron chi connectivity index (χ3n) is 2.00. The summed E-state index contributed by atoms with van der Waals surface area (Å²) >= 11 is 0. The van der Waals surface area contributed by atoms with Crippen LogP contribution in [0.5, 0.6) is 0 Å². The summed E-state index contributed by atoms with van der Waals surface area (Å²) in [5, 5.41) is 8.14. The van der Waals surface area contributed by atoms with E-state index in [1.807, 2.05) is 13.8 Å². The molecule has 0 saturated carbocycles. The van der Waals surface area contributed by atoms with Gasteiger partial charge in [0.05, 0.1) is 0 Å². The highest BCUT2D eigenvalue weighted by Gasteiger charge is 1.81. The maximum Gasteiger partial charge on any atom is 0.0453 e. The Kier molecular flexibility index (Phi) is 22.3. The molecule has 0 atom stereocenters. The van der Waals surface area contributed by atoms with E-state index in [1.165, 1.54) is 12.8 Å². The Morgan fingerprint density at radius 3 is 0.800 bits per heavy atom. The smallest absolute Gasteiger partial charge is 0.0453 e. The zero-order valence-corrected chi connectivity index (χ0v) is 12.3. The van der Waals surface area contributed by atoms with E-state index in [9.17, 15) is 0 Å². The minimum absolute atomic E-state index is 0.306. The van der Waals surface area contributed by atoms with Gasteiger partial charge < -0.3 is 5.11 Å². The van der Waals surface area contributed by atoms with Crippen LogP contribution < -0.4 is 0 Å². The van der Waals surface area contributed by atoms with Gasteiger partial charge in [-0.2, -0.15) is 0 Å². The van der Waals surface area contributed by atoms with Gasteiger partial charge in [-0.15, -0.1) is 0 Å². The van der Waals surface area contributed by atoms with Gasteiger partial charge in [-0.25, -0.2) is 0 Å². The van der Waals surface area contributed by atoms with Crippen LogP contribution in [0.4, 0.5) is 0 Å². The summed E-state index contributed by atoms with van der Waals surface area (Å²) < 4.78 is 0. The molecular weight excluding hydrogens is 184 g/mol. The average Bonchev–Trinajstić information content (AvgIpc) is 2.19. The predicted molar refractivity (Wildman–Crippen MR) is 72.2 cm³/mol. The first kappa shape index (κ1) is 20.4. The summed E-state index contributed by atoms with van der Waals surface area (Å²) in [6.45, 7) is 17.5. The molecule has 0 bridgehead atoms. The first-order valence-corrected chi connectivity index (χ1v) is 6.42. The molecule has 0 radical (unpaired) electrons. The Bertz CT molecular complexity index is 66.3. The number of rotatable bonds is 3. The molecule has 1 N–H and O–H groups in total. The fraction of sp³-hybridized carbons (Fsp3) is 1.00. The van der Waals surface area contributed by atoms with Gasteiger partial charge in [-0.05, 0) is 17.8 Å². The van der Waals surface area contributed by atoms with Crippen LogP contribution in [0.3, 0.4) is 0 Å². The van der Waals surface area contributed by atoms with E-state index in [1.54, 1.807) is 0 Å². The average molecular weight is 218 g/mol. The third kappa shape index (κ3) is 56.2. The summed E-state index contributed by atoms with van der Waals surface area (Å²) in [5.41, 5.74) is 0. The minimum Gasteiger partial charge on any atom is -0.396 e. The lowest BCUT2D eigenvalue weighted by molar-refractivity contribution is 0.248. The molecule has 0 unspecified atom stereocenters. The summed E-state index contributed by atoms with van der Waals surface area (Å²) in [4.78, 5) is 0. The van der Waals surface area contributed by atoms with E-state index in [0.717, 1.165) is 11.8 Å². The lowest BCUT2D eigenvalue weighted by atomic mass is 10.2. The van der Waals surface area contributed by atoms with Crippen molar-refractivity contribution in [2.75, 3.05) is 6.61 Å². The number of aliphatic hydroxyl groups is 1. The van der Waals surface area contributed by atoms with Crippen molar-refractivity contribution in [1.29, 1.82) is 0 Å². The molecular formula is C14H34O. The first-order valence-electron chi connectivity index (χ1n) is 6.42. The second-order valence-electron chi connectivity index (χ2n) is 5.18. The molecule has 0 aromatic carbocycles. The standard InChI is InChI=1S/2C5H12.C4H10O/c2*1-4-5(2)3;1-4(2)3-5/h2*5H,4H2,1-3H3;4-5H,3H2,1-2H3. The molecule has 0 amide bonds. The van der Waals surface area contributed by atoms with E-state index in [-0.39, 0.29) is 0 Å². The molecule has 0 aliphatic rings. The van der Waals surface area contributed by atoms with Crippen molar-refractivity contribution in [2.24, 2.45) is 17.8 Å². The van der Waals surface area contributed by atoms with Crippen molar-refractivity contribution < 1.29 is 5.11 Å². The molecule has 0 heterocycles. The highest BCUT2D eigenvalue weighted by atomic mass is 16.3. The molecule has 15 heavy (non-hydrogen) atoms. The van der Waals surface area contributed by atoms with Crippen LogP contribution in [0.15, 0.2) is 0 Å². The molecule has 0 fully saturated rings. The number of hydrogen-bond donors (Lipinski definition) is 1. The summed E-state index contributed by atoms with van der Waals surface area (Å²) in [6.07, 6.45) is 2.61. The lowest BCUT2D eigenvalue weighted by Gasteiger charge is -1.90. The molecule has 0 aliphatic carbocycles. The SMILES string of the molecule is CC(C)CO.CCC(C)C.CCC(C)C. The van der Waals surface area contributed by atoms with Crippen LogP contribution in [0.2, 0.25) is 0 Å². The third-order valence-corrected chi connectivity index (χ3v) is 2.00. The Morgan fingerprint density at radius 1 is 0.667 bits per heavy atom. The first-order chi connectivity index (χ1) is 6.81. The summed E-state index contributed by atoms with van der Waals surface area (Å²) in [7, 11) is 0. The number of hydrogen-bond acceptors (Lipinski definition) is 1. The van der Waals surface area contributed by atoms with Crippen LogP contribution in [0.1, 0.15) is 68.2 Å². The molecule has 0 rings (SSSR count). The maximum absolute atomic E-state index is 8.14. The fourth-order valence-electron chi connectivity index (χ4n) is 0. The van der Waals surface area contributed by atoms with Gasteiger partial charge in [0.2, 0.25) is 0 Å². The molecule has 96 valence electrons. The zero-order valence-electron chi connectivity index (χ0n) is 12.3. The van der Waals surface area contributed by atoms with Crippen molar-refractivity contribution in [3.05, 3.63) is 0 Å². The fourth-order valence-corrected chi connectivity index (χ4v) is 0. The Balaban J connectivity index is -0.000000144. The van der Waals surface area contributed by atoms with Crippen molar-refractivity contribution in [3.8, 4) is 0 Å². The van der Waals surface area contributed by atoms with E-state index in [4.69, 9.17) is 5.11 Å². The van der Waals surface area contributed by atoms with Crippen molar-refractivity contribution in [3.63, 3.8) is 0 Å². The van der Waals surface area contributed by atoms with Gasteiger partial charge in [-0.1, -0.05) is 68.2 Å². The molecule has 0 aromatic rings. The lowest BCUT2D eigenvalue weighted by Crippen LogP contribution is -1.90. The van der Waals surface area contributed by atoms with Gasteiger partial charge >= 0.3 is 0 Å². The second-order valence-corrected chi connectivity index (χ2v) is 5.18. The van der Waals surface area contributed by atoms with Crippen molar-refractivity contribution >= 4 is 0 Å². The number of aliphatic hydroxyl groups excluding tert-OH is 1. The summed E-state index contributed by atoms with van der Waals surface area (Å²) in [6, 6.07) is 0. The molecule has 0 spiro atoms. The van der Waals surface area contributed by atoms with Gasteiger partial charge in [0.15, 0.2) is 0 Å². The van der Waals surface area contributed by atoms with E-state index in [0.29, 0.717) is 12.5 Å². The van der Waals surface area contributed by atoms with Crippen LogP contribution in [0, 0.1) is 17.8 Å². The van der Waals surface area contributed by atoms with E-state index < -0.39 is 0 Å². The van der Waals surface area contributed by atoms with Crippen molar-refractivity contribution in [2.45, 2.75) is 68.2 Å². The second kappa shape index (κ2) is 16.4. The quantitative estimate of drug-likeness (QED) is 0.725. The normalized spacial score (nSPS) is 9.60. The van der Waals surface area contributed by atoms with Crippen LogP contribution in [0.25, 0.3) is 0 Å².